The Balaban J connectivity index is 2.47. The van der Waals surface area contributed by atoms with E-state index < -0.39 is 9.84 Å². The molecule has 0 saturated heterocycles. The summed E-state index contributed by atoms with van der Waals surface area (Å²) < 4.78 is 23.3. The van der Waals surface area contributed by atoms with Crippen LogP contribution < -0.4 is 11.1 Å². The summed E-state index contributed by atoms with van der Waals surface area (Å²) in [7, 11) is -3.42. The highest BCUT2D eigenvalue weighted by molar-refractivity contribution is 7.91. The SMILES string of the molecule is CC1CC1Nc1sc(C#N)c(N)c1S(C)(=O)=O. The Hall–Kier alpha value is -1.26. The summed E-state index contributed by atoms with van der Waals surface area (Å²) in [5, 5.41) is 12.5. The molecular formula is C10H13N3O2S2. The van der Waals surface area contributed by atoms with Crippen LogP contribution in [0.1, 0.15) is 18.2 Å². The Kier molecular flexibility index (Phi) is 2.79. The van der Waals surface area contributed by atoms with E-state index in [0.717, 1.165) is 24.0 Å². The molecular weight excluding hydrogens is 258 g/mol. The van der Waals surface area contributed by atoms with E-state index in [1.165, 1.54) is 0 Å². The lowest BCUT2D eigenvalue weighted by Crippen LogP contribution is -2.08. The predicted octanol–water partition coefficient (Wildman–Crippen LogP) is 1.43. The van der Waals surface area contributed by atoms with Crippen LogP contribution in [0.5, 0.6) is 0 Å². The van der Waals surface area contributed by atoms with Crippen LogP contribution >= 0.6 is 11.3 Å². The van der Waals surface area contributed by atoms with E-state index in [2.05, 4.69) is 12.2 Å². The van der Waals surface area contributed by atoms with Gasteiger partial charge in [0.25, 0.3) is 0 Å². The van der Waals surface area contributed by atoms with Gasteiger partial charge in [0.05, 0.1) is 5.69 Å². The van der Waals surface area contributed by atoms with E-state index in [9.17, 15) is 8.42 Å². The molecule has 1 fully saturated rings. The van der Waals surface area contributed by atoms with Crippen molar-refractivity contribution in [2.75, 3.05) is 17.3 Å². The average molecular weight is 271 g/mol. The average Bonchev–Trinajstić information content (AvgIpc) is 2.75. The fourth-order valence-electron chi connectivity index (χ4n) is 1.67. The van der Waals surface area contributed by atoms with Crippen molar-refractivity contribution in [3.05, 3.63) is 4.88 Å². The molecule has 92 valence electrons. The van der Waals surface area contributed by atoms with Gasteiger partial charge >= 0.3 is 0 Å². The van der Waals surface area contributed by atoms with Crippen LogP contribution in [0.25, 0.3) is 0 Å². The van der Waals surface area contributed by atoms with Crippen LogP contribution in [0.15, 0.2) is 4.90 Å². The normalized spacial score (nSPS) is 23.1. The van der Waals surface area contributed by atoms with Gasteiger partial charge in [0, 0.05) is 12.3 Å². The largest absolute Gasteiger partial charge is 0.396 e. The lowest BCUT2D eigenvalue weighted by molar-refractivity contribution is 0.602. The highest BCUT2D eigenvalue weighted by Gasteiger charge is 2.35. The Morgan fingerprint density at radius 2 is 2.18 bits per heavy atom. The number of sulfone groups is 1. The molecule has 0 aliphatic heterocycles. The maximum Gasteiger partial charge on any atom is 0.180 e. The minimum atomic E-state index is -3.42. The van der Waals surface area contributed by atoms with Crippen molar-refractivity contribution in [2.24, 2.45) is 5.92 Å². The topological polar surface area (TPSA) is 96.0 Å². The molecule has 0 radical (unpaired) electrons. The fourth-order valence-corrected chi connectivity index (χ4v) is 4.08. The van der Waals surface area contributed by atoms with E-state index in [-0.39, 0.29) is 15.5 Å². The zero-order chi connectivity index (χ0) is 12.8. The summed E-state index contributed by atoms with van der Waals surface area (Å²) in [6.45, 7) is 2.08. The van der Waals surface area contributed by atoms with Crippen LogP contribution in [0.3, 0.4) is 0 Å². The van der Waals surface area contributed by atoms with E-state index >= 15 is 0 Å². The Morgan fingerprint density at radius 3 is 2.59 bits per heavy atom. The van der Waals surface area contributed by atoms with E-state index in [1.54, 1.807) is 0 Å². The summed E-state index contributed by atoms with van der Waals surface area (Å²) in [4.78, 5) is 0.319. The molecule has 1 aromatic rings. The smallest absolute Gasteiger partial charge is 0.180 e. The Morgan fingerprint density at radius 1 is 1.59 bits per heavy atom. The third-order valence-corrected chi connectivity index (χ3v) is 5.13. The quantitative estimate of drug-likeness (QED) is 0.867. The minimum absolute atomic E-state index is 0.0656. The van der Waals surface area contributed by atoms with Crippen molar-refractivity contribution in [3.8, 4) is 6.07 Å². The Labute approximate surface area is 104 Å². The third kappa shape index (κ3) is 2.23. The number of nitrogens with two attached hydrogens (primary N) is 1. The number of nitriles is 1. The van der Waals surface area contributed by atoms with Crippen LogP contribution in [0.4, 0.5) is 10.7 Å². The van der Waals surface area contributed by atoms with Gasteiger partial charge in [-0.25, -0.2) is 8.42 Å². The first kappa shape index (κ1) is 12.2. The molecule has 0 spiro atoms. The first-order chi connectivity index (χ1) is 7.84. The van der Waals surface area contributed by atoms with Crippen molar-refractivity contribution in [3.63, 3.8) is 0 Å². The van der Waals surface area contributed by atoms with Crippen molar-refractivity contribution in [1.29, 1.82) is 5.26 Å². The van der Waals surface area contributed by atoms with Crippen LogP contribution in [0, 0.1) is 17.2 Å². The van der Waals surface area contributed by atoms with Crippen molar-refractivity contribution in [2.45, 2.75) is 24.3 Å². The van der Waals surface area contributed by atoms with Gasteiger partial charge in [-0.15, -0.1) is 11.3 Å². The van der Waals surface area contributed by atoms with Gasteiger partial charge in [0.15, 0.2) is 9.84 Å². The number of nitrogen functional groups attached to an aromatic ring is 1. The van der Waals surface area contributed by atoms with Crippen molar-refractivity contribution >= 4 is 31.9 Å². The maximum absolute atomic E-state index is 11.7. The van der Waals surface area contributed by atoms with Gasteiger partial charge in [-0.1, -0.05) is 6.92 Å². The van der Waals surface area contributed by atoms with Crippen LogP contribution in [-0.2, 0) is 9.84 Å². The standard InChI is InChI=1S/C10H13N3O2S2/c1-5-3-6(5)13-10-9(17(2,14)15)8(12)7(4-11)16-10/h5-6,13H,3,12H2,1-2H3. The summed E-state index contributed by atoms with van der Waals surface area (Å²) in [5.74, 6) is 0.538. The molecule has 1 aliphatic carbocycles. The molecule has 3 N–H and O–H groups in total. The molecule has 1 heterocycles. The molecule has 2 rings (SSSR count). The van der Waals surface area contributed by atoms with Gasteiger partial charge in [0.2, 0.25) is 0 Å². The van der Waals surface area contributed by atoms with Gasteiger partial charge in [0.1, 0.15) is 20.8 Å². The zero-order valence-corrected chi connectivity index (χ0v) is 11.2. The molecule has 1 aliphatic rings. The van der Waals surface area contributed by atoms with E-state index in [0.29, 0.717) is 17.0 Å². The lowest BCUT2D eigenvalue weighted by atomic mass is 10.4. The van der Waals surface area contributed by atoms with Gasteiger partial charge in [-0.05, 0) is 12.3 Å². The number of hydrogen-bond acceptors (Lipinski definition) is 6. The molecule has 0 bridgehead atoms. The molecule has 2 unspecified atom stereocenters. The first-order valence-electron chi connectivity index (χ1n) is 5.13. The molecule has 1 saturated carbocycles. The highest BCUT2D eigenvalue weighted by atomic mass is 32.2. The van der Waals surface area contributed by atoms with Gasteiger partial charge in [-0.2, -0.15) is 5.26 Å². The first-order valence-corrected chi connectivity index (χ1v) is 7.84. The summed E-state index contributed by atoms with van der Waals surface area (Å²) in [6, 6.07) is 2.21. The Bertz CT molecular complexity index is 598. The van der Waals surface area contributed by atoms with Crippen molar-refractivity contribution < 1.29 is 8.42 Å². The third-order valence-electron chi connectivity index (χ3n) is 2.80. The molecule has 17 heavy (non-hydrogen) atoms. The lowest BCUT2D eigenvalue weighted by Gasteiger charge is -2.05. The summed E-state index contributed by atoms with van der Waals surface area (Å²) in [6.07, 6.45) is 2.12. The fraction of sp³-hybridized carbons (Fsp3) is 0.500. The molecule has 1 aromatic heterocycles. The number of nitrogens with one attached hydrogen (secondary N) is 1. The zero-order valence-electron chi connectivity index (χ0n) is 9.52. The monoisotopic (exact) mass is 271 g/mol. The maximum atomic E-state index is 11.7. The molecule has 5 nitrogen and oxygen atoms in total. The number of nitrogens with zero attached hydrogens (tertiary/aromatic N) is 1. The van der Waals surface area contributed by atoms with E-state index in [1.807, 2.05) is 6.07 Å². The van der Waals surface area contributed by atoms with Crippen LogP contribution in [-0.4, -0.2) is 20.7 Å². The van der Waals surface area contributed by atoms with Crippen molar-refractivity contribution in [1.82, 2.24) is 0 Å². The number of hydrogen-bond donors (Lipinski definition) is 2. The minimum Gasteiger partial charge on any atom is -0.396 e. The number of rotatable bonds is 3. The second-order valence-electron chi connectivity index (χ2n) is 4.35. The molecule has 2 atom stereocenters. The van der Waals surface area contributed by atoms with E-state index in [4.69, 9.17) is 11.0 Å². The highest BCUT2D eigenvalue weighted by Crippen LogP contribution is 2.42. The molecule has 0 amide bonds. The molecule has 0 aromatic carbocycles. The summed E-state index contributed by atoms with van der Waals surface area (Å²) >= 11 is 1.11. The molecule has 7 heteroatoms. The number of thiophene rings is 1. The summed E-state index contributed by atoms with van der Waals surface area (Å²) in [5.41, 5.74) is 5.77. The predicted molar refractivity (Wildman–Crippen MR) is 67.7 cm³/mol. The second kappa shape index (κ2) is 3.89. The van der Waals surface area contributed by atoms with Gasteiger partial charge in [-0.3, -0.25) is 0 Å². The van der Waals surface area contributed by atoms with Gasteiger partial charge < -0.3 is 11.1 Å². The van der Waals surface area contributed by atoms with Crippen LogP contribution in [0.2, 0.25) is 0 Å². The number of anilines is 2. The second-order valence-corrected chi connectivity index (χ2v) is 7.32.